The van der Waals surface area contributed by atoms with Gasteiger partial charge in [-0.2, -0.15) is 5.10 Å². The van der Waals surface area contributed by atoms with Crippen molar-refractivity contribution in [2.45, 2.75) is 0 Å². The Labute approximate surface area is 124 Å². The molecule has 6 heteroatoms. The molecule has 0 aliphatic heterocycles. The highest BCUT2D eigenvalue weighted by atomic mass is 19.2. The number of amides is 1. The summed E-state index contributed by atoms with van der Waals surface area (Å²) in [6.45, 7) is 0. The summed E-state index contributed by atoms with van der Waals surface area (Å²) in [5, 5.41) is 4.20. The molecule has 110 valence electrons. The third-order valence-corrected chi connectivity index (χ3v) is 3.24. The van der Waals surface area contributed by atoms with Crippen LogP contribution < -0.4 is 5.73 Å². The minimum absolute atomic E-state index is 0.0113. The molecule has 0 spiro atoms. The molecule has 0 fully saturated rings. The summed E-state index contributed by atoms with van der Waals surface area (Å²) in [6.07, 6.45) is 1.49. The van der Waals surface area contributed by atoms with Crippen molar-refractivity contribution in [1.29, 1.82) is 0 Å². The van der Waals surface area contributed by atoms with E-state index in [2.05, 4.69) is 5.10 Å². The fourth-order valence-electron chi connectivity index (χ4n) is 2.19. The molecule has 2 N–H and O–H groups in total. The summed E-state index contributed by atoms with van der Waals surface area (Å²) in [5.74, 6) is -2.52. The topological polar surface area (TPSA) is 60.9 Å². The van der Waals surface area contributed by atoms with E-state index in [1.54, 1.807) is 30.3 Å². The SMILES string of the molecule is NC(=O)c1ccccc1-c1ccn(-c2cccc(F)c2F)n1. The van der Waals surface area contributed by atoms with Crippen LogP contribution in [0.3, 0.4) is 0 Å². The number of halogens is 2. The van der Waals surface area contributed by atoms with Crippen molar-refractivity contribution in [2.75, 3.05) is 0 Å². The van der Waals surface area contributed by atoms with Crippen LogP contribution >= 0.6 is 0 Å². The number of carbonyl (C=O) groups is 1. The Morgan fingerprint density at radius 1 is 1.05 bits per heavy atom. The first-order valence-electron chi connectivity index (χ1n) is 6.47. The number of hydrogen-bond donors (Lipinski definition) is 1. The summed E-state index contributed by atoms with van der Waals surface area (Å²) in [4.78, 5) is 11.4. The second-order valence-electron chi connectivity index (χ2n) is 4.63. The van der Waals surface area contributed by atoms with Crippen molar-refractivity contribution in [3.63, 3.8) is 0 Å². The van der Waals surface area contributed by atoms with Gasteiger partial charge in [-0.15, -0.1) is 0 Å². The number of nitrogens with zero attached hydrogens (tertiary/aromatic N) is 2. The van der Waals surface area contributed by atoms with Gasteiger partial charge in [-0.1, -0.05) is 24.3 Å². The van der Waals surface area contributed by atoms with Crippen molar-refractivity contribution < 1.29 is 13.6 Å². The highest BCUT2D eigenvalue weighted by molar-refractivity contribution is 5.99. The molecule has 3 rings (SSSR count). The first-order valence-corrected chi connectivity index (χ1v) is 6.47. The average molecular weight is 299 g/mol. The van der Waals surface area contributed by atoms with Gasteiger partial charge in [0.25, 0.3) is 0 Å². The third kappa shape index (κ3) is 2.35. The molecule has 0 saturated heterocycles. The standard InChI is InChI=1S/C16H11F2N3O/c17-12-6-3-7-14(15(12)18)21-9-8-13(20-21)10-4-1-2-5-11(10)16(19)22/h1-9H,(H2,19,22). The lowest BCUT2D eigenvalue weighted by molar-refractivity contribution is 0.100. The van der Waals surface area contributed by atoms with Crippen LogP contribution in [0.1, 0.15) is 10.4 Å². The average Bonchev–Trinajstić information content (AvgIpc) is 2.99. The number of rotatable bonds is 3. The van der Waals surface area contributed by atoms with Gasteiger partial charge in [0.1, 0.15) is 5.69 Å². The highest BCUT2D eigenvalue weighted by Gasteiger charge is 2.14. The molecule has 0 bridgehead atoms. The van der Waals surface area contributed by atoms with E-state index < -0.39 is 17.5 Å². The third-order valence-electron chi connectivity index (χ3n) is 3.24. The molecular weight excluding hydrogens is 288 g/mol. The maximum absolute atomic E-state index is 13.8. The lowest BCUT2D eigenvalue weighted by atomic mass is 10.0. The molecule has 1 heterocycles. The zero-order chi connectivity index (χ0) is 15.7. The zero-order valence-electron chi connectivity index (χ0n) is 11.3. The maximum atomic E-state index is 13.8. The van der Waals surface area contributed by atoms with E-state index in [-0.39, 0.29) is 5.69 Å². The molecule has 0 saturated carbocycles. The van der Waals surface area contributed by atoms with Crippen LogP contribution in [0.2, 0.25) is 0 Å². The van der Waals surface area contributed by atoms with Gasteiger partial charge in [-0.3, -0.25) is 4.79 Å². The molecule has 3 aromatic rings. The molecule has 0 unspecified atom stereocenters. The van der Waals surface area contributed by atoms with E-state index in [0.717, 1.165) is 6.07 Å². The van der Waals surface area contributed by atoms with Gasteiger partial charge >= 0.3 is 0 Å². The van der Waals surface area contributed by atoms with Crippen LogP contribution in [-0.2, 0) is 0 Å². The van der Waals surface area contributed by atoms with Gasteiger partial charge in [0.05, 0.1) is 5.69 Å². The van der Waals surface area contributed by atoms with E-state index in [0.29, 0.717) is 16.8 Å². The molecule has 0 aliphatic carbocycles. The van der Waals surface area contributed by atoms with E-state index in [1.807, 2.05) is 0 Å². The molecule has 0 aliphatic rings. The van der Waals surface area contributed by atoms with E-state index >= 15 is 0 Å². The fraction of sp³-hybridized carbons (Fsp3) is 0. The highest BCUT2D eigenvalue weighted by Crippen LogP contribution is 2.23. The Morgan fingerprint density at radius 2 is 1.82 bits per heavy atom. The predicted molar refractivity (Wildman–Crippen MR) is 77.4 cm³/mol. The second kappa shape index (κ2) is 5.40. The van der Waals surface area contributed by atoms with E-state index in [4.69, 9.17) is 5.73 Å². The molecular formula is C16H11F2N3O. The Hall–Kier alpha value is -3.02. The van der Waals surface area contributed by atoms with Crippen LogP contribution in [0, 0.1) is 11.6 Å². The molecule has 22 heavy (non-hydrogen) atoms. The van der Waals surface area contributed by atoms with Gasteiger partial charge in [0.15, 0.2) is 11.6 Å². The molecule has 4 nitrogen and oxygen atoms in total. The lowest BCUT2D eigenvalue weighted by Gasteiger charge is -2.05. The summed E-state index contributed by atoms with van der Waals surface area (Å²) < 4.78 is 28.3. The number of benzene rings is 2. The van der Waals surface area contributed by atoms with Crippen LogP contribution in [0.4, 0.5) is 8.78 Å². The van der Waals surface area contributed by atoms with Gasteiger partial charge in [-0.25, -0.2) is 13.5 Å². The summed E-state index contributed by atoms with van der Waals surface area (Å²) >= 11 is 0. The van der Waals surface area contributed by atoms with Crippen LogP contribution in [-0.4, -0.2) is 15.7 Å². The van der Waals surface area contributed by atoms with Crippen molar-refractivity contribution in [2.24, 2.45) is 5.73 Å². The van der Waals surface area contributed by atoms with Crippen LogP contribution in [0.15, 0.2) is 54.7 Å². The van der Waals surface area contributed by atoms with Crippen molar-refractivity contribution >= 4 is 5.91 Å². The monoisotopic (exact) mass is 299 g/mol. The van der Waals surface area contributed by atoms with Gasteiger partial charge in [-0.05, 0) is 24.3 Å². The minimum Gasteiger partial charge on any atom is -0.366 e. The quantitative estimate of drug-likeness (QED) is 0.808. The largest absolute Gasteiger partial charge is 0.366 e. The zero-order valence-corrected chi connectivity index (χ0v) is 11.3. The fourth-order valence-corrected chi connectivity index (χ4v) is 2.19. The van der Waals surface area contributed by atoms with Crippen LogP contribution in [0.25, 0.3) is 16.9 Å². The summed E-state index contributed by atoms with van der Waals surface area (Å²) in [5.41, 5.74) is 6.61. The second-order valence-corrected chi connectivity index (χ2v) is 4.63. The maximum Gasteiger partial charge on any atom is 0.249 e. The molecule has 2 aromatic carbocycles. The smallest absolute Gasteiger partial charge is 0.249 e. The van der Waals surface area contributed by atoms with Crippen LogP contribution in [0.5, 0.6) is 0 Å². The lowest BCUT2D eigenvalue weighted by Crippen LogP contribution is -2.12. The number of carbonyl (C=O) groups excluding carboxylic acids is 1. The Bertz CT molecular complexity index is 858. The van der Waals surface area contributed by atoms with E-state index in [9.17, 15) is 13.6 Å². The van der Waals surface area contributed by atoms with E-state index in [1.165, 1.54) is 23.0 Å². The van der Waals surface area contributed by atoms with Gasteiger partial charge in [0.2, 0.25) is 5.91 Å². The first kappa shape index (κ1) is 13.9. The molecule has 1 amide bonds. The Morgan fingerprint density at radius 3 is 2.59 bits per heavy atom. The number of nitrogens with two attached hydrogens (primary N) is 1. The van der Waals surface area contributed by atoms with Gasteiger partial charge in [0, 0.05) is 17.3 Å². The normalized spacial score (nSPS) is 10.6. The number of primary amides is 1. The number of hydrogen-bond acceptors (Lipinski definition) is 2. The van der Waals surface area contributed by atoms with Crippen molar-refractivity contribution in [1.82, 2.24) is 9.78 Å². The molecule has 0 atom stereocenters. The predicted octanol–water partition coefficient (Wildman–Crippen LogP) is 2.92. The minimum atomic E-state index is -0.986. The molecule has 1 aromatic heterocycles. The number of aromatic nitrogens is 2. The summed E-state index contributed by atoms with van der Waals surface area (Å²) in [6, 6.07) is 12.1. The molecule has 0 radical (unpaired) electrons. The van der Waals surface area contributed by atoms with Crippen molar-refractivity contribution in [3.05, 3.63) is 71.9 Å². The van der Waals surface area contributed by atoms with Gasteiger partial charge < -0.3 is 5.73 Å². The Kier molecular flexibility index (Phi) is 3.42. The van der Waals surface area contributed by atoms with Crippen molar-refractivity contribution in [3.8, 4) is 16.9 Å². The Balaban J connectivity index is 2.09. The summed E-state index contributed by atoms with van der Waals surface area (Å²) in [7, 11) is 0. The first-order chi connectivity index (χ1) is 10.6.